The Morgan fingerprint density at radius 2 is 1.96 bits per heavy atom. The van der Waals surface area contributed by atoms with E-state index in [-0.39, 0.29) is 17.3 Å². The Bertz CT molecular complexity index is 974. The maximum atomic E-state index is 13.2. The molecular formula is C19H18FN5S. The molecule has 1 aromatic heterocycles. The van der Waals surface area contributed by atoms with E-state index in [4.69, 9.17) is 16.9 Å². The van der Waals surface area contributed by atoms with Crippen LogP contribution in [0.25, 0.3) is 11.3 Å². The van der Waals surface area contributed by atoms with Gasteiger partial charge in [-0.05, 0) is 66.9 Å². The fourth-order valence-electron chi connectivity index (χ4n) is 2.50. The van der Waals surface area contributed by atoms with Crippen LogP contribution in [0.15, 0.2) is 59.5 Å². The molecule has 7 heteroatoms. The first kappa shape index (κ1) is 17.8. The first-order chi connectivity index (χ1) is 12.4. The largest absolute Gasteiger partial charge is 0.397 e. The van der Waals surface area contributed by atoms with Crippen LogP contribution in [0.1, 0.15) is 11.3 Å². The number of aromatic nitrogens is 1. The summed E-state index contributed by atoms with van der Waals surface area (Å²) in [6.07, 6.45) is 0. The van der Waals surface area contributed by atoms with Crippen molar-refractivity contribution in [2.75, 3.05) is 10.5 Å². The molecule has 0 bridgehead atoms. The highest BCUT2D eigenvalue weighted by Gasteiger charge is 2.10. The molecule has 0 atom stereocenters. The summed E-state index contributed by atoms with van der Waals surface area (Å²) in [6, 6.07) is 15.7. The number of nitrogens with one attached hydrogen (secondary N) is 2. The summed E-state index contributed by atoms with van der Waals surface area (Å²) in [4.78, 5) is 5.18. The van der Waals surface area contributed by atoms with Gasteiger partial charge in [-0.1, -0.05) is 12.1 Å². The van der Waals surface area contributed by atoms with E-state index in [1.54, 1.807) is 18.2 Å². The number of anilines is 2. The van der Waals surface area contributed by atoms with Crippen molar-refractivity contribution in [3.8, 4) is 11.3 Å². The Morgan fingerprint density at radius 3 is 2.65 bits per heavy atom. The minimum absolute atomic E-state index is 0.160. The van der Waals surface area contributed by atoms with Crippen molar-refractivity contribution in [3.05, 3.63) is 71.7 Å². The molecule has 26 heavy (non-hydrogen) atoms. The Hall–Kier alpha value is -3.06. The zero-order valence-corrected chi connectivity index (χ0v) is 14.9. The number of hydrogen-bond acceptors (Lipinski definition) is 5. The van der Waals surface area contributed by atoms with Crippen molar-refractivity contribution >= 4 is 29.2 Å². The van der Waals surface area contributed by atoms with Crippen LogP contribution in [0.2, 0.25) is 0 Å². The molecular weight excluding hydrogens is 349 g/mol. The first-order valence-electron chi connectivity index (χ1n) is 7.84. The molecule has 6 N–H and O–H groups in total. The number of nitrogen functional groups attached to an aromatic ring is 2. The molecule has 0 aliphatic carbocycles. The number of amidine groups is 1. The monoisotopic (exact) mass is 367 g/mol. The van der Waals surface area contributed by atoms with Gasteiger partial charge < -0.3 is 16.2 Å². The Labute approximate surface area is 155 Å². The lowest BCUT2D eigenvalue weighted by Gasteiger charge is -2.11. The highest BCUT2D eigenvalue weighted by atomic mass is 32.2. The summed E-state index contributed by atoms with van der Waals surface area (Å²) in [5.41, 5.74) is 15.5. The predicted molar refractivity (Wildman–Crippen MR) is 106 cm³/mol. The number of pyridine rings is 1. The molecule has 3 rings (SSSR count). The van der Waals surface area contributed by atoms with E-state index in [9.17, 15) is 4.39 Å². The minimum Gasteiger partial charge on any atom is -0.397 e. The molecule has 0 amide bonds. The first-order valence-corrected chi connectivity index (χ1v) is 8.66. The van der Waals surface area contributed by atoms with Crippen molar-refractivity contribution in [1.82, 2.24) is 4.98 Å². The van der Waals surface area contributed by atoms with Crippen LogP contribution in [0.3, 0.4) is 0 Å². The van der Waals surface area contributed by atoms with Gasteiger partial charge in [-0.15, -0.1) is 0 Å². The van der Waals surface area contributed by atoms with Gasteiger partial charge in [0.25, 0.3) is 0 Å². The maximum absolute atomic E-state index is 13.2. The molecule has 2 aromatic carbocycles. The molecule has 1 heterocycles. The fourth-order valence-corrected chi connectivity index (χ4v) is 3.18. The number of hydrogen-bond donors (Lipinski definition) is 4. The van der Waals surface area contributed by atoms with Crippen LogP contribution >= 0.6 is 11.9 Å². The second-order valence-electron chi connectivity index (χ2n) is 5.74. The van der Waals surface area contributed by atoms with Gasteiger partial charge in [0.2, 0.25) is 0 Å². The normalized spacial score (nSPS) is 10.5. The Kier molecular flexibility index (Phi) is 5.09. The van der Waals surface area contributed by atoms with E-state index in [0.29, 0.717) is 11.4 Å². The summed E-state index contributed by atoms with van der Waals surface area (Å²) in [7, 11) is 0. The van der Waals surface area contributed by atoms with E-state index in [0.717, 1.165) is 21.7 Å². The van der Waals surface area contributed by atoms with Gasteiger partial charge in [0.05, 0.1) is 11.4 Å². The Morgan fingerprint density at radius 1 is 1.15 bits per heavy atom. The average molecular weight is 367 g/mol. The van der Waals surface area contributed by atoms with E-state index < -0.39 is 0 Å². The third-order valence-electron chi connectivity index (χ3n) is 3.77. The van der Waals surface area contributed by atoms with E-state index >= 15 is 0 Å². The van der Waals surface area contributed by atoms with E-state index in [1.807, 2.05) is 31.2 Å². The van der Waals surface area contributed by atoms with Crippen LogP contribution in [0.5, 0.6) is 0 Å². The third-order valence-corrected chi connectivity index (χ3v) is 4.59. The molecule has 0 saturated carbocycles. The zero-order valence-electron chi connectivity index (χ0n) is 14.1. The average Bonchev–Trinajstić information content (AvgIpc) is 2.60. The third kappa shape index (κ3) is 3.94. The van der Waals surface area contributed by atoms with Gasteiger partial charge in [0.1, 0.15) is 17.3 Å². The van der Waals surface area contributed by atoms with Crippen molar-refractivity contribution in [3.63, 3.8) is 0 Å². The van der Waals surface area contributed by atoms with Crippen molar-refractivity contribution in [2.45, 2.75) is 11.8 Å². The number of halogens is 1. The second-order valence-corrected chi connectivity index (χ2v) is 6.62. The molecule has 0 saturated heterocycles. The van der Waals surface area contributed by atoms with Crippen molar-refractivity contribution in [1.29, 1.82) is 5.41 Å². The molecule has 0 unspecified atom stereocenters. The molecule has 0 fully saturated rings. The quantitative estimate of drug-likeness (QED) is 0.308. The second kappa shape index (κ2) is 7.45. The molecule has 0 aliphatic heterocycles. The summed E-state index contributed by atoms with van der Waals surface area (Å²) in [5, 5.41) is 7.57. The van der Waals surface area contributed by atoms with Gasteiger partial charge in [0.15, 0.2) is 0 Å². The van der Waals surface area contributed by atoms with Gasteiger partial charge >= 0.3 is 0 Å². The topological polar surface area (TPSA) is 101 Å². The van der Waals surface area contributed by atoms with Crippen molar-refractivity contribution < 1.29 is 4.39 Å². The predicted octanol–water partition coefficient (Wildman–Crippen LogP) is 4.18. The Balaban J connectivity index is 1.81. The van der Waals surface area contributed by atoms with E-state index in [2.05, 4.69) is 9.71 Å². The highest BCUT2D eigenvalue weighted by Crippen LogP contribution is 2.28. The van der Waals surface area contributed by atoms with E-state index in [1.165, 1.54) is 24.1 Å². The smallest absolute Gasteiger partial charge is 0.143 e. The lowest BCUT2D eigenvalue weighted by Crippen LogP contribution is -2.16. The number of aryl methyl sites for hydroxylation is 1. The summed E-state index contributed by atoms with van der Waals surface area (Å²) >= 11 is 1.34. The highest BCUT2D eigenvalue weighted by molar-refractivity contribution is 8.00. The molecule has 3 aromatic rings. The maximum Gasteiger partial charge on any atom is 0.143 e. The van der Waals surface area contributed by atoms with Crippen LogP contribution in [-0.4, -0.2) is 10.8 Å². The van der Waals surface area contributed by atoms with Crippen molar-refractivity contribution in [2.24, 2.45) is 5.73 Å². The summed E-state index contributed by atoms with van der Waals surface area (Å²) in [5.74, 6) is -0.425. The molecule has 132 valence electrons. The van der Waals surface area contributed by atoms with Crippen LogP contribution in [-0.2, 0) is 0 Å². The van der Waals surface area contributed by atoms with Gasteiger partial charge in [-0.2, -0.15) is 0 Å². The van der Waals surface area contributed by atoms with Gasteiger partial charge in [0, 0.05) is 16.1 Å². The molecule has 0 spiro atoms. The zero-order chi connectivity index (χ0) is 18.7. The minimum atomic E-state index is -0.265. The number of nitrogens with two attached hydrogens (primary N) is 2. The molecule has 0 aliphatic rings. The standard InChI is InChI=1S/C19H18FN5S/c1-11-9-13(25-26-14-4-2-3-12(20)10-14)5-6-15(11)17-8-7-16(21)18(24-17)19(22)23/h2-10,25H,21H2,1H3,(H3,22,23). The summed E-state index contributed by atoms with van der Waals surface area (Å²) in [6.45, 7) is 1.97. The van der Waals surface area contributed by atoms with Gasteiger partial charge in [-0.3, -0.25) is 5.41 Å². The summed E-state index contributed by atoms with van der Waals surface area (Å²) < 4.78 is 16.4. The number of nitrogens with zero attached hydrogens (tertiary/aromatic N) is 1. The SMILES string of the molecule is Cc1cc(NSc2cccc(F)c2)ccc1-c1ccc(N)c(C(=N)N)n1. The molecule has 5 nitrogen and oxygen atoms in total. The fraction of sp³-hybridized carbons (Fsp3) is 0.0526. The van der Waals surface area contributed by atoms with Crippen LogP contribution < -0.4 is 16.2 Å². The number of benzene rings is 2. The number of rotatable bonds is 5. The lowest BCUT2D eigenvalue weighted by atomic mass is 10.0. The lowest BCUT2D eigenvalue weighted by molar-refractivity contribution is 0.624. The van der Waals surface area contributed by atoms with Gasteiger partial charge in [-0.25, -0.2) is 9.37 Å². The van der Waals surface area contributed by atoms with Crippen LogP contribution in [0.4, 0.5) is 15.8 Å². The van der Waals surface area contributed by atoms with Crippen LogP contribution in [0, 0.1) is 18.2 Å². The molecule has 0 radical (unpaired) electrons.